The van der Waals surface area contributed by atoms with Gasteiger partial charge in [-0.3, -0.25) is 4.52 Å². The summed E-state index contributed by atoms with van der Waals surface area (Å²) < 4.78 is 27.2. The summed E-state index contributed by atoms with van der Waals surface area (Å²) in [6, 6.07) is 6.63. The third-order valence-electron chi connectivity index (χ3n) is 7.11. The predicted octanol–water partition coefficient (Wildman–Crippen LogP) is 2.18. The number of anilines is 4. The zero-order valence-corrected chi connectivity index (χ0v) is 26.0. The number of carbonyl (C=O) groups excluding carboxylic acids is 2. The number of benzene rings is 1. The summed E-state index contributed by atoms with van der Waals surface area (Å²) in [6.45, 7) is 1.35. The predicted molar refractivity (Wildman–Crippen MR) is 160 cm³/mol. The van der Waals surface area contributed by atoms with Crippen molar-refractivity contribution >= 4 is 60.3 Å². The molecule has 1 aliphatic carbocycles. The summed E-state index contributed by atoms with van der Waals surface area (Å²) in [5.74, 6) is -0.596. The topological polar surface area (TPSA) is 249 Å². The molecule has 1 aromatic carbocycles. The number of imidazole rings is 1. The molecule has 0 radical (unpaired) electrons. The van der Waals surface area contributed by atoms with E-state index in [9.17, 15) is 24.7 Å². The number of phosphoric ester groups is 1. The van der Waals surface area contributed by atoms with E-state index in [1.54, 1.807) is 4.90 Å². The van der Waals surface area contributed by atoms with Gasteiger partial charge in [0.25, 0.3) is 0 Å². The smallest absolute Gasteiger partial charge is 0.456 e. The molecular weight excluding hydrogens is 647 g/mol. The maximum atomic E-state index is 12.7. The van der Waals surface area contributed by atoms with Crippen LogP contribution in [0.25, 0.3) is 5.65 Å². The molecule has 46 heavy (non-hydrogen) atoms. The van der Waals surface area contributed by atoms with Crippen LogP contribution < -0.4 is 20.9 Å². The monoisotopic (exact) mass is 674 g/mol. The number of piperidine rings is 1. The number of carbonyl (C=O) groups is 2. The third-order valence-corrected chi connectivity index (χ3v) is 8.10. The van der Waals surface area contributed by atoms with Crippen molar-refractivity contribution in [3.63, 3.8) is 0 Å². The first-order valence-corrected chi connectivity index (χ1v) is 15.8. The molecule has 2 aliphatic rings. The van der Waals surface area contributed by atoms with Crippen LogP contribution in [0.4, 0.5) is 27.9 Å². The number of amides is 1. The fourth-order valence-corrected chi connectivity index (χ4v) is 5.54. The van der Waals surface area contributed by atoms with Crippen molar-refractivity contribution in [2.75, 3.05) is 35.7 Å². The minimum absolute atomic E-state index is 0.0461. The number of methoxy groups -OCH3 is 1. The number of esters is 1. The number of rotatable bonds is 10. The lowest BCUT2D eigenvalue weighted by Gasteiger charge is -2.40. The highest BCUT2D eigenvalue weighted by Gasteiger charge is 2.37. The van der Waals surface area contributed by atoms with Crippen LogP contribution >= 0.6 is 19.4 Å². The fourth-order valence-electron chi connectivity index (χ4n) is 4.77. The largest absolute Gasteiger partial charge is 0.470 e. The van der Waals surface area contributed by atoms with Gasteiger partial charge in [0, 0.05) is 12.6 Å². The normalized spacial score (nSPS) is 18.6. The SMILES string of the molecule is COC(=O)N[C@@H]1CCN(c2cc(C#N)cc(Nc3nc(NC4CC4)c4ncc(C#N)n4n3)c2Cl)C[C@@H]1OC(=O)C(C)OP(=O)(O)O. The molecule has 242 valence electrons. The van der Waals surface area contributed by atoms with Crippen molar-refractivity contribution in [1.29, 1.82) is 10.5 Å². The fraction of sp³-hybridized carbons (Fsp3) is 0.423. The number of nitriles is 2. The van der Waals surface area contributed by atoms with Crippen LogP contribution in [-0.2, 0) is 23.4 Å². The number of fused-ring (bicyclic) bond motifs is 1. The van der Waals surface area contributed by atoms with Crippen molar-refractivity contribution < 1.29 is 37.9 Å². The van der Waals surface area contributed by atoms with E-state index in [0.29, 0.717) is 17.2 Å². The molecule has 1 saturated carbocycles. The number of aromatic nitrogens is 4. The van der Waals surface area contributed by atoms with Crippen LogP contribution in [0.15, 0.2) is 18.3 Å². The molecule has 1 unspecified atom stereocenters. The van der Waals surface area contributed by atoms with Gasteiger partial charge >= 0.3 is 19.9 Å². The molecule has 3 aromatic rings. The van der Waals surface area contributed by atoms with Gasteiger partial charge in [-0.1, -0.05) is 11.6 Å². The number of nitrogens with one attached hydrogen (secondary N) is 3. The Balaban J connectivity index is 1.44. The summed E-state index contributed by atoms with van der Waals surface area (Å²) >= 11 is 6.87. The molecule has 3 heterocycles. The zero-order chi connectivity index (χ0) is 33.2. The van der Waals surface area contributed by atoms with Crippen LogP contribution in [0.1, 0.15) is 37.4 Å². The lowest BCUT2D eigenvalue weighted by molar-refractivity contribution is -0.159. The summed E-state index contributed by atoms with van der Waals surface area (Å²) in [7, 11) is -3.83. The van der Waals surface area contributed by atoms with Crippen molar-refractivity contribution in [3.05, 3.63) is 34.6 Å². The Bertz CT molecular complexity index is 1800. The van der Waals surface area contributed by atoms with Gasteiger partial charge in [-0.05, 0) is 38.3 Å². The molecule has 0 spiro atoms. The molecule has 20 heteroatoms. The Hall–Kier alpha value is -4.71. The van der Waals surface area contributed by atoms with Gasteiger partial charge in [0.05, 0.1) is 53.9 Å². The van der Waals surface area contributed by atoms with Crippen molar-refractivity contribution in [2.24, 2.45) is 0 Å². The first kappa shape index (κ1) is 32.7. The lowest BCUT2D eigenvalue weighted by atomic mass is 10.0. The Kier molecular flexibility index (Phi) is 9.47. The van der Waals surface area contributed by atoms with E-state index in [0.717, 1.165) is 19.8 Å². The van der Waals surface area contributed by atoms with Gasteiger partial charge in [0.15, 0.2) is 23.3 Å². The van der Waals surface area contributed by atoms with E-state index in [2.05, 4.69) is 46.3 Å². The lowest BCUT2D eigenvalue weighted by Crippen LogP contribution is -2.56. The van der Waals surface area contributed by atoms with Crippen LogP contribution in [0, 0.1) is 22.7 Å². The summed E-state index contributed by atoms with van der Waals surface area (Å²) in [4.78, 5) is 53.4. The van der Waals surface area contributed by atoms with Crippen LogP contribution in [0.2, 0.25) is 5.02 Å². The molecule has 1 saturated heterocycles. The first-order chi connectivity index (χ1) is 21.9. The third kappa shape index (κ3) is 7.56. The Morgan fingerprint density at radius 2 is 1.98 bits per heavy atom. The van der Waals surface area contributed by atoms with Crippen molar-refractivity contribution in [3.8, 4) is 12.1 Å². The number of ether oxygens (including phenoxy) is 2. The van der Waals surface area contributed by atoms with Gasteiger partial charge in [-0.2, -0.15) is 20.0 Å². The van der Waals surface area contributed by atoms with Crippen LogP contribution in [0.5, 0.6) is 0 Å². The molecular formula is C26H28ClN10O8P. The van der Waals surface area contributed by atoms with E-state index in [1.807, 2.05) is 6.07 Å². The molecule has 2 aromatic heterocycles. The Morgan fingerprint density at radius 1 is 1.22 bits per heavy atom. The van der Waals surface area contributed by atoms with Crippen molar-refractivity contribution in [2.45, 2.75) is 50.5 Å². The minimum Gasteiger partial charge on any atom is -0.456 e. The van der Waals surface area contributed by atoms with Gasteiger partial charge in [0.2, 0.25) is 5.95 Å². The maximum Gasteiger partial charge on any atom is 0.470 e. The number of hydrogen-bond donors (Lipinski definition) is 5. The number of hydrogen-bond acceptors (Lipinski definition) is 14. The molecule has 5 rings (SSSR count). The van der Waals surface area contributed by atoms with E-state index in [-0.39, 0.29) is 53.5 Å². The summed E-state index contributed by atoms with van der Waals surface area (Å²) in [6.07, 6.45) is 0.0844. The molecule has 1 aliphatic heterocycles. The number of alkyl carbamates (subject to hydrolysis) is 1. The van der Waals surface area contributed by atoms with Gasteiger partial charge < -0.3 is 40.1 Å². The van der Waals surface area contributed by atoms with E-state index in [4.69, 9.17) is 26.1 Å². The molecule has 3 atom stereocenters. The Morgan fingerprint density at radius 3 is 2.63 bits per heavy atom. The van der Waals surface area contributed by atoms with Crippen LogP contribution in [0.3, 0.4) is 0 Å². The quantitative estimate of drug-likeness (QED) is 0.153. The number of nitrogens with zero attached hydrogens (tertiary/aromatic N) is 7. The summed E-state index contributed by atoms with van der Waals surface area (Å²) in [5, 5.41) is 32.8. The second-order valence-electron chi connectivity index (χ2n) is 10.5. The van der Waals surface area contributed by atoms with Gasteiger partial charge in [-0.25, -0.2) is 19.1 Å². The number of phosphoric acid groups is 1. The average Bonchev–Trinajstić information content (AvgIpc) is 3.73. The summed E-state index contributed by atoms with van der Waals surface area (Å²) in [5.41, 5.74) is 1.40. The van der Waals surface area contributed by atoms with Crippen molar-refractivity contribution in [1.82, 2.24) is 24.9 Å². The molecule has 0 bridgehead atoms. The molecule has 18 nitrogen and oxygen atoms in total. The van der Waals surface area contributed by atoms with E-state index >= 15 is 0 Å². The highest BCUT2D eigenvalue weighted by Crippen LogP contribution is 2.39. The first-order valence-electron chi connectivity index (χ1n) is 13.9. The molecule has 5 N–H and O–H groups in total. The standard InChI is InChI=1S/C26H28ClN10O8P/c1-13(45-46(40,41)42)24(38)44-20-12-36(6-5-17(20)33-26(39)43-2)19-8-14(9-28)7-18(21(19)27)32-25-34-22(31-15-3-4-15)23-30-11-16(10-29)37(23)35-25/h7-8,11,13,15,17,20H,3-6,12H2,1-2H3,(H,33,39)(H2,40,41,42)(H2,31,32,34,35)/t13?,17-,20+/m1/s1. The maximum absolute atomic E-state index is 12.7. The second-order valence-corrected chi connectivity index (χ2v) is 12.0. The molecule has 2 fully saturated rings. The zero-order valence-electron chi connectivity index (χ0n) is 24.4. The minimum atomic E-state index is -5.00. The van der Waals surface area contributed by atoms with E-state index < -0.39 is 38.1 Å². The second kappa shape index (κ2) is 13.3. The number of halogens is 1. The average molecular weight is 675 g/mol. The van der Waals surface area contributed by atoms with Gasteiger partial charge in [0.1, 0.15) is 12.2 Å². The van der Waals surface area contributed by atoms with E-state index in [1.165, 1.54) is 30.0 Å². The highest BCUT2D eigenvalue weighted by atomic mass is 35.5. The molecule has 1 amide bonds. The highest BCUT2D eigenvalue weighted by molar-refractivity contribution is 7.46. The van der Waals surface area contributed by atoms with Crippen LogP contribution in [-0.4, -0.2) is 85.9 Å². The Labute approximate surface area is 266 Å². The van der Waals surface area contributed by atoms with Gasteiger partial charge in [-0.15, -0.1) is 5.10 Å².